The molecule has 1 saturated heterocycles. The molecule has 2 atom stereocenters. The summed E-state index contributed by atoms with van der Waals surface area (Å²) >= 11 is 1.94. The molecule has 1 aromatic rings. The number of thioether (sulfide) groups is 1. The smallest absolute Gasteiger partial charge is 0.161 e. The first-order valence-corrected chi connectivity index (χ1v) is 7.56. The lowest BCUT2D eigenvalue weighted by Gasteiger charge is -2.16. The fourth-order valence-electron chi connectivity index (χ4n) is 2.02. The van der Waals surface area contributed by atoms with E-state index in [1.165, 1.54) is 5.56 Å². The Bertz CT molecular complexity index is 397. The standard InChI is InChI=1S/C14H21NO2S/c1-4-16-12-7-6-11(8-13(12)17-5-2)14-15-10(3)9-18-14/h6-8,10,14-15H,4-5,9H2,1-3H3. The summed E-state index contributed by atoms with van der Waals surface area (Å²) in [4.78, 5) is 0. The second-order valence-electron chi connectivity index (χ2n) is 4.35. The van der Waals surface area contributed by atoms with Gasteiger partial charge in [0.25, 0.3) is 0 Å². The molecule has 0 aliphatic carbocycles. The molecule has 0 amide bonds. The summed E-state index contributed by atoms with van der Waals surface area (Å²) < 4.78 is 11.2. The van der Waals surface area contributed by atoms with Gasteiger partial charge in [-0.3, -0.25) is 5.32 Å². The molecule has 100 valence electrons. The van der Waals surface area contributed by atoms with Gasteiger partial charge in [-0.2, -0.15) is 0 Å². The van der Waals surface area contributed by atoms with Gasteiger partial charge < -0.3 is 9.47 Å². The molecule has 1 aliphatic heterocycles. The van der Waals surface area contributed by atoms with E-state index in [9.17, 15) is 0 Å². The van der Waals surface area contributed by atoms with Gasteiger partial charge in [0, 0.05) is 11.8 Å². The lowest BCUT2D eigenvalue weighted by atomic mass is 10.2. The third-order valence-electron chi connectivity index (χ3n) is 2.82. The summed E-state index contributed by atoms with van der Waals surface area (Å²) in [5.74, 6) is 2.83. The van der Waals surface area contributed by atoms with E-state index >= 15 is 0 Å². The monoisotopic (exact) mass is 267 g/mol. The molecule has 3 nitrogen and oxygen atoms in total. The quantitative estimate of drug-likeness (QED) is 0.887. The zero-order valence-electron chi connectivity index (χ0n) is 11.2. The molecule has 2 unspecified atom stereocenters. The van der Waals surface area contributed by atoms with Crippen LogP contribution in [0.5, 0.6) is 11.5 Å². The van der Waals surface area contributed by atoms with Crippen molar-refractivity contribution in [3.05, 3.63) is 23.8 Å². The van der Waals surface area contributed by atoms with E-state index in [1.54, 1.807) is 0 Å². The van der Waals surface area contributed by atoms with Crippen LogP contribution in [-0.4, -0.2) is 25.0 Å². The van der Waals surface area contributed by atoms with Crippen molar-refractivity contribution in [2.24, 2.45) is 0 Å². The Balaban J connectivity index is 2.19. The first-order chi connectivity index (χ1) is 8.74. The van der Waals surface area contributed by atoms with Crippen molar-refractivity contribution in [3.8, 4) is 11.5 Å². The highest BCUT2D eigenvalue weighted by molar-refractivity contribution is 7.99. The first-order valence-electron chi connectivity index (χ1n) is 6.51. The summed E-state index contributed by atoms with van der Waals surface area (Å²) in [7, 11) is 0. The van der Waals surface area contributed by atoms with Crippen molar-refractivity contribution < 1.29 is 9.47 Å². The van der Waals surface area contributed by atoms with Crippen LogP contribution in [0.3, 0.4) is 0 Å². The summed E-state index contributed by atoms with van der Waals surface area (Å²) in [5, 5.41) is 3.93. The minimum Gasteiger partial charge on any atom is -0.490 e. The van der Waals surface area contributed by atoms with Crippen molar-refractivity contribution >= 4 is 11.8 Å². The lowest BCUT2D eigenvalue weighted by molar-refractivity contribution is 0.287. The molecule has 0 spiro atoms. The summed E-state index contributed by atoms with van der Waals surface area (Å²) in [6, 6.07) is 6.80. The maximum absolute atomic E-state index is 5.65. The number of ether oxygens (including phenoxy) is 2. The number of rotatable bonds is 5. The normalized spacial score (nSPS) is 23.1. The Morgan fingerprint density at radius 2 is 1.94 bits per heavy atom. The van der Waals surface area contributed by atoms with Crippen LogP contribution in [0.4, 0.5) is 0 Å². The molecule has 4 heteroatoms. The van der Waals surface area contributed by atoms with E-state index < -0.39 is 0 Å². The number of hydrogen-bond donors (Lipinski definition) is 1. The fourth-order valence-corrected chi connectivity index (χ4v) is 3.26. The van der Waals surface area contributed by atoms with Gasteiger partial charge >= 0.3 is 0 Å². The molecule has 2 rings (SSSR count). The summed E-state index contributed by atoms with van der Waals surface area (Å²) in [5.41, 5.74) is 1.26. The molecule has 0 aromatic heterocycles. The second kappa shape index (κ2) is 6.34. The molecule has 0 radical (unpaired) electrons. The van der Waals surface area contributed by atoms with Crippen LogP contribution in [0.15, 0.2) is 18.2 Å². The van der Waals surface area contributed by atoms with Gasteiger partial charge in [-0.25, -0.2) is 0 Å². The maximum Gasteiger partial charge on any atom is 0.161 e. The average molecular weight is 267 g/mol. The van der Waals surface area contributed by atoms with Gasteiger partial charge in [0.15, 0.2) is 11.5 Å². The second-order valence-corrected chi connectivity index (χ2v) is 5.49. The van der Waals surface area contributed by atoms with Gasteiger partial charge in [-0.15, -0.1) is 11.8 Å². The van der Waals surface area contributed by atoms with E-state index in [1.807, 2.05) is 31.7 Å². The van der Waals surface area contributed by atoms with Crippen LogP contribution in [0.2, 0.25) is 0 Å². The third kappa shape index (κ3) is 3.12. The highest BCUT2D eigenvalue weighted by atomic mass is 32.2. The Morgan fingerprint density at radius 3 is 2.56 bits per heavy atom. The van der Waals surface area contributed by atoms with Crippen molar-refractivity contribution in [1.29, 1.82) is 0 Å². The molecule has 1 aliphatic rings. The molecule has 1 fully saturated rings. The van der Waals surface area contributed by atoms with E-state index in [0.717, 1.165) is 17.3 Å². The molecule has 1 aromatic carbocycles. The predicted molar refractivity (Wildman–Crippen MR) is 76.6 cm³/mol. The Labute approximate surface area is 113 Å². The van der Waals surface area contributed by atoms with Crippen LogP contribution in [0, 0.1) is 0 Å². The summed E-state index contributed by atoms with van der Waals surface area (Å²) in [6.45, 7) is 7.51. The SMILES string of the molecule is CCOc1ccc(C2NC(C)CS2)cc1OCC. The van der Waals surface area contributed by atoms with E-state index in [4.69, 9.17) is 9.47 Å². The molecule has 1 N–H and O–H groups in total. The van der Waals surface area contributed by atoms with E-state index in [2.05, 4.69) is 24.4 Å². The molecular weight excluding hydrogens is 246 g/mol. The number of nitrogens with one attached hydrogen (secondary N) is 1. The third-order valence-corrected chi connectivity index (χ3v) is 4.25. The van der Waals surface area contributed by atoms with E-state index in [0.29, 0.717) is 24.6 Å². The Morgan fingerprint density at radius 1 is 1.22 bits per heavy atom. The largest absolute Gasteiger partial charge is 0.490 e. The summed E-state index contributed by atoms with van der Waals surface area (Å²) in [6.07, 6.45) is 0. The zero-order chi connectivity index (χ0) is 13.0. The Kier molecular flexibility index (Phi) is 4.78. The van der Waals surface area contributed by atoms with Gasteiger partial charge in [0.2, 0.25) is 0 Å². The first kappa shape index (κ1) is 13.6. The van der Waals surface area contributed by atoms with Gasteiger partial charge in [-0.05, 0) is 38.5 Å². The highest BCUT2D eigenvalue weighted by Crippen LogP contribution is 2.37. The van der Waals surface area contributed by atoms with Crippen molar-refractivity contribution in [2.45, 2.75) is 32.2 Å². The molecule has 0 saturated carbocycles. The van der Waals surface area contributed by atoms with Crippen LogP contribution >= 0.6 is 11.8 Å². The van der Waals surface area contributed by atoms with Crippen molar-refractivity contribution in [3.63, 3.8) is 0 Å². The minimum atomic E-state index is 0.370. The average Bonchev–Trinajstić information content (AvgIpc) is 2.79. The van der Waals surface area contributed by atoms with Crippen molar-refractivity contribution in [1.82, 2.24) is 5.32 Å². The van der Waals surface area contributed by atoms with Crippen LogP contribution in [0.25, 0.3) is 0 Å². The van der Waals surface area contributed by atoms with Crippen LogP contribution in [-0.2, 0) is 0 Å². The molecule has 0 bridgehead atoms. The van der Waals surface area contributed by atoms with Gasteiger partial charge in [0.1, 0.15) is 0 Å². The number of benzene rings is 1. The molecule has 1 heterocycles. The molecule has 18 heavy (non-hydrogen) atoms. The topological polar surface area (TPSA) is 30.5 Å². The minimum absolute atomic E-state index is 0.370. The Hall–Kier alpha value is -0.870. The zero-order valence-corrected chi connectivity index (χ0v) is 12.0. The molecular formula is C14H21NO2S. The predicted octanol–water partition coefficient (Wildman–Crippen LogP) is 3.21. The maximum atomic E-state index is 5.65. The lowest BCUT2D eigenvalue weighted by Crippen LogP contribution is -2.21. The van der Waals surface area contributed by atoms with Gasteiger partial charge in [0.05, 0.1) is 18.6 Å². The van der Waals surface area contributed by atoms with Crippen LogP contribution in [0.1, 0.15) is 31.7 Å². The van der Waals surface area contributed by atoms with Gasteiger partial charge in [-0.1, -0.05) is 6.07 Å². The number of hydrogen-bond acceptors (Lipinski definition) is 4. The highest BCUT2D eigenvalue weighted by Gasteiger charge is 2.23. The van der Waals surface area contributed by atoms with E-state index in [-0.39, 0.29) is 0 Å². The fraction of sp³-hybridized carbons (Fsp3) is 0.571. The van der Waals surface area contributed by atoms with Crippen LogP contribution < -0.4 is 14.8 Å². The van der Waals surface area contributed by atoms with Crippen molar-refractivity contribution in [2.75, 3.05) is 19.0 Å².